The van der Waals surface area contributed by atoms with Crippen LogP contribution in [-0.4, -0.2) is 35.8 Å². The van der Waals surface area contributed by atoms with E-state index in [4.69, 9.17) is 0 Å². The van der Waals surface area contributed by atoms with Crippen LogP contribution in [0, 0.1) is 5.92 Å². The number of hydrogen-bond acceptors (Lipinski definition) is 4. The highest BCUT2D eigenvalue weighted by atomic mass is 32.2. The van der Waals surface area contributed by atoms with Gasteiger partial charge in [-0.2, -0.15) is 11.8 Å². The first-order valence-corrected chi connectivity index (χ1v) is 5.22. The number of rotatable bonds is 3. The average Bonchev–Trinajstić information content (AvgIpc) is 2.47. The van der Waals surface area contributed by atoms with Crippen LogP contribution in [0.5, 0.6) is 0 Å². The Labute approximate surface area is 76.5 Å². The van der Waals surface area contributed by atoms with E-state index in [0.717, 1.165) is 17.9 Å². The Morgan fingerprint density at radius 1 is 1.67 bits per heavy atom. The van der Waals surface area contributed by atoms with Crippen molar-refractivity contribution >= 4 is 17.7 Å². The Kier molecular flexibility index (Phi) is 3.88. The maximum absolute atomic E-state index is 10.8. The van der Waals surface area contributed by atoms with Crippen LogP contribution in [0.4, 0.5) is 0 Å². The first-order chi connectivity index (χ1) is 5.74. The van der Waals surface area contributed by atoms with Crippen molar-refractivity contribution in [1.82, 2.24) is 0 Å². The molecule has 1 fully saturated rings. The summed E-state index contributed by atoms with van der Waals surface area (Å²) in [5.41, 5.74) is 0. The van der Waals surface area contributed by atoms with Crippen LogP contribution in [0.3, 0.4) is 0 Å². The summed E-state index contributed by atoms with van der Waals surface area (Å²) in [7, 11) is 1.39. The van der Waals surface area contributed by atoms with Gasteiger partial charge >= 0.3 is 5.97 Å². The van der Waals surface area contributed by atoms with Crippen molar-refractivity contribution in [3.05, 3.63) is 0 Å². The van der Waals surface area contributed by atoms with E-state index in [2.05, 4.69) is 4.74 Å². The molecule has 0 bridgehead atoms. The molecule has 0 radical (unpaired) electrons. The number of aliphatic hydroxyl groups excluding tert-OH is 1. The van der Waals surface area contributed by atoms with Crippen LogP contribution in [0.25, 0.3) is 0 Å². The first-order valence-electron chi connectivity index (χ1n) is 4.06. The average molecular weight is 190 g/mol. The molecule has 0 amide bonds. The maximum Gasteiger partial charge on any atom is 0.305 e. The predicted molar refractivity (Wildman–Crippen MR) is 48.1 cm³/mol. The molecule has 1 N–H and O–H groups in total. The van der Waals surface area contributed by atoms with Crippen molar-refractivity contribution in [1.29, 1.82) is 0 Å². The number of carbonyl (C=O) groups excluding carboxylic acids is 1. The van der Waals surface area contributed by atoms with E-state index in [1.807, 2.05) is 0 Å². The summed E-state index contributed by atoms with van der Waals surface area (Å²) in [6.07, 6.45) is 0.958. The maximum atomic E-state index is 10.8. The largest absolute Gasteiger partial charge is 0.469 e. The fourth-order valence-electron chi connectivity index (χ4n) is 1.27. The third kappa shape index (κ3) is 2.68. The molecule has 1 aliphatic heterocycles. The minimum Gasteiger partial charge on any atom is -0.469 e. The lowest BCUT2D eigenvalue weighted by molar-refractivity contribution is -0.141. The second kappa shape index (κ2) is 4.72. The van der Waals surface area contributed by atoms with Crippen LogP contribution in [0.1, 0.15) is 12.8 Å². The summed E-state index contributed by atoms with van der Waals surface area (Å²) in [5.74, 6) is 1.89. The minimum absolute atomic E-state index is 0.181. The molecule has 0 aromatic rings. The number of aliphatic hydroxyl groups is 1. The van der Waals surface area contributed by atoms with Crippen LogP contribution in [0.15, 0.2) is 0 Å². The molecule has 2 atom stereocenters. The molecule has 0 spiro atoms. The van der Waals surface area contributed by atoms with Gasteiger partial charge in [0.25, 0.3) is 0 Å². The van der Waals surface area contributed by atoms with E-state index in [1.54, 1.807) is 11.8 Å². The van der Waals surface area contributed by atoms with Crippen LogP contribution >= 0.6 is 11.8 Å². The highest BCUT2D eigenvalue weighted by Gasteiger charge is 2.25. The van der Waals surface area contributed by atoms with E-state index in [-0.39, 0.29) is 18.0 Å². The van der Waals surface area contributed by atoms with Gasteiger partial charge in [0, 0.05) is 12.2 Å². The molecule has 0 aromatic carbocycles. The van der Waals surface area contributed by atoms with Crippen molar-refractivity contribution in [3.63, 3.8) is 0 Å². The molecule has 1 heterocycles. The molecule has 1 aliphatic rings. The molecule has 0 aromatic heterocycles. The van der Waals surface area contributed by atoms with Crippen molar-refractivity contribution < 1.29 is 14.6 Å². The molecule has 4 heteroatoms. The van der Waals surface area contributed by atoms with Gasteiger partial charge in [0.2, 0.25) is 0 Å². The van der Waals surface area contributed by atoms with Gasteiger partial charge in [0.15, 0.2) is 0 Å². The molecule has 0 unspecified atom stereocenters. The summed E-state index contributed by atoms with van der Waals surface area (Å²) in [6, 6.07) is 0. The smallest absolute Gasteiger partial charge is 0.305 e. The van der Waals surface area contributed by atoms with Crippen molar-refractivity contribution in [3.8, 4) is 0 Å². The standard InChI is InChI=1S/C8H14O3S/c1-11-8(10)3-2-6-4-12-5-7(6)9/h6-7,9H,2-5H2,1H3/t6-,7-/m0/s1. The van der Waals surface area contributed by atoms with Crippen molar-refractivity contribution in [2.24, 2.45) is 5.92 Å². The summed E-state index contributed by atoms with van der Waals surface area (Å²) < 4.78 is 4.52. The molecule has 70 valence electrons. The fourth-order valence-corrected chi connectivity index (χ4v) is 2.61. The van der Waals surface area contributed by atoms with Gasteiger partial charge in [-0.1, -0.05) is 0 Å². The zero-order valence-electron chi connectivity index (χ0n) is 7.16. The summed E-state index contributed by atoms with van der Waals surface area (Å²) in [5, 5.41) is 9.40. The third-order valence-electron chi connectivity index (χ3n) is 2.11. The Morgan fingerprint density at radius 2 is 2.42 bits per heavy atom. The van der Waals surface area contributed by atoms with Gasteiger partial charge in [-0.15, -0.1) is 0 Å². The van der Waals surface area contributed by atoms with Crippen LogP contribution < -0.4 is 0 Å². The Balaban J connectivity index is 2.18. The third-order valence-corrected chi connectivity index (χ3v) is 3.35. The highest BCUT2D eigenvalue weighted by Crippen LogP contribution is 2.27. The second-order valence-corrected chi connectivity index (χ2v) is 4.05. The van der Waals surface area contributed by atoms with E-state index in [9.17, 15) is 9.90 Å². The van der Waals surface area contributed by atoms with Gasteiger partial charge in [-0.05, 0) is 18.1 Å². The number of esters is 1. The number of methoxy groups -OCH3 is 1. The summed E-state index contributed by atoms with van der Waals surface area (Å²) in [4.78, 5) is 10.8. The minimum atomic E-state index is -0.223. The van der Waals surface area contributed by atoms with Gasteiger partial charge in [-0.25, -0.2) is 0 Å². The number of thioether (sulfide) groups is 1. The normalized spacial score (nSPS) is 28.8. The quantitative estimate of drug-likeness (QED) is 0.664. The number of carbonyl (C=O) groups is 1. The zero-order chi connectivity index (χ0) is 8.97. The topological polar surface area (TPSA) is 46.5 Å². The molecule has 1 rings (SSSR count). The van der Waals surface area contributed by atoms with Gasteiger partial charge in [-0.3, -0.25) is 4.79 Å². The van der Waals surface area contributed by atoms with E-state index in [1.165, 1.54) is 7.11 Å². The molecule has 12 heavy (non-hydrogen) atoms. The zero-order valence-corrected chi connectivity index (χ0v) is 7.97. The monoisotopic (exact) mass is 190 g/mol. The molecule has 0 saturated carbocycles. The number of ether oxygens (including phenoxy) is 1. The van der Waals surface area contributed by atoms with E-state index < -0.39 is 0 Å². The van der Waals surface area contributed by atoms with Crippen molar-refractivity contribution in [2.75, 3.05) is 18.6 Å². The van der Waals surface area contributed by atoms with Crippen LogP contribution in [0.2, 0.25) is 0 Å². The fraction of sp³-hybridized carbons (Fsp3) is 0.875. The Morgan fingerprint density at radius 3 is 2.92 bits per heavy atom. The molecule has 1 saturated heterocycles. The van der Waals surface area contributed by atoms with E-state index >= 15 is 0 Å². The van der Waals surface area contributed by atoms with Crippen LogP contribution in [-0.2, 0) is 9.53 Å². The lowest BCUT2D eigenvalue weighted by Gasteiger charge is -2.11. The summed E-state index contributed by atoms with van der Waals surface area (Å²) in [6.45, 7) is 0. The van der Waals surface area contributed by atoms with Gasteiger partial charge < -0.3 is 9.84 Å². The van der Waals surface area contributed by atoms with Gasteiger partial charge in [0.1, 0.15) is 0 Å². The lowest BCUT2D eigenvalue weighted by atomic mass is 10.0. The number of hydrogen-bond donors (Lipinski definition) is 1. The molecular weight excluding hydrogens is 176 g/mol. The SMILES string of the molecule is COC(=O)CC[C@H]1CSC[C@@H]1O. The Hall–Kier alpha value is -0.220. The van der Waals surface area contributed by atoms with E-state index in [0.29, 0.717) is 6.42 Å². The molecular formula is C8H14O3S. The second-order valence-electron chi connectivity index (χ2n) is 2.98. The Bertz CT molecular complexity index is 160. The van der Waals surface area contributed by atoms with Gasteiger partial charge in [0.05, 0.1) is 13.2 Å². The lowest BCUT2D eigenvalue weighted by Crippen LogP contribution is -2.18. The molecule has 3 nitrogen and oxygen atoms in total. The first kappa shape index (κ1) is 9.86. The molecule has 0 aliphatic carbocycles. The van der Waals surface area contributed by atoms with Crippen molar-refractivity contribution in [2.45, 2.75) is 18.9 Å². The summed E-state index contributed by atoms with van der Waals surface area (Å²) >= 11 is 1.75. The predicted octanol–water partition coefficient (Wildman–Crippen LogP) is 0.663. The highest BCUT2D eigenvalue weighted by molar-refractivity contribution is 7.99.